The van der Waals surface area contributed by atoms with Gasteiger partial charge in [0.2, 0.25) is 0 Å². The van der Waals surface area contributed by atoms with Gasteiger partial charge in [0.1, 0.15) is 5.52 Å². The van der Waals surface area contributed by atoms with Crippen LogP contribution < -0.4 is 0 Å². The second kappa shape index (κ2) is 4.56. The fourth-order valence-corrected chi connectivity index (χ4v) is 1.95. The molecule has 0 amide bonds. The molecule has 0 aliphatic heterocycles. The molecule has 0 N–H and O–H groups in total. The molecule has 0 saturated carbocycles. The van der Waals surface area contributed by atoms with E-state index in [4.69, 9.17) is 9.68 Å². The van der Waals surface area contributed by atoms with Crippen molar-refractivity contribution in [3.05, 3.63) is 29.7 Å². The van der Waals surface area contributed by atoms with Gasteiger partial charge in [0, 0.05) is 13.0 Å². The number of rotatable bonds is 3. The van der Waals surface area contributed by atoms with Crippen molar-refractivity contribution in [2.75, 3.05) is 14.1 Å². The van der Waals surface area contributed by atoms with Crippen molar-refractivity contribution in [3.8, 4) is 6.07 Å². The Labute approximate surface area is 100 Å². The van der Waals surface area contributed by atoms with E-state index in [-0.39, 0.29) is 6.04 Å². The van der Waals surface area contributed by atoms with Crippen LogP contribution in [0.15, 0.2) is 22.6 Å². The first-order valence-corrected chi connectivity index (χ1v) is 5.52. The molecule has 0 radical (unpaired) electrons. The summed E-state index contributed by atoms with van der Waals surface area (Å²) in [6, 6.07) is 8.22. The third-order valence-corrected chi connectivity index (χ3v) is 2.81. The largest absolute Gasteiger partial charge is 0.441 e. The summed E-state index contributed by atoms with van der Waals surface area (Å²) in [7, 11) is 3.94. The van der Waals surface area contributed by atoms with Crippen LogP contribution in [-0.4, -0.2) is 24.0 Å². The van der Waals surface area contributed by atoms with E-state index < -0.39 is 0 Å². The summed E-state index contributed by atoms with van der Waals surface area (Å²) in [5, 5.41) is 8.85. The Bertz CT molecular complexity index is 566. The zero-order chi connectivity index (χ0) is 12.4. The number of benzene rings is 1. The molecule has 0 saturated heterocycles. The highest BCUT2D eigenvalue weighted by Crippen LogP contribution is 2.25. The SMILES string of the molecule is Cc1nc2ccc(C(CC#N)N(C)C)cc2o1. The summed E-state index contributed by atoms with van der Waals surface area (Å²) < 4.78 is 5.50. The number of hydrogen-bond donors (Lipinski definition) is 0. The van der Waals surface area contributed by atoms with Crippen LogP contribution in [-0.2, 0) is 0 Å². The van der Waals surface area contributed by atoms with Gasteiger partial charge >= 0.3 is 0 Å². The quantitative estimate of drug-likeness (QED) is 0.811. The van der Waals surface area contributed by atoms with Crippen molar-refractivity contribution >= 4 is 11.1 Å². The Hall–Kier alpha value is -1.86. The number of aromatic nitrogens is 1. The van der Waals surface area contributed by atoms with Gasteiger partial charge in [-0.25, -0.2) is 4.98 Å². The molecule has 0 aliphatic carbocycles. The van der Waals surface area contributed by atoms with Crippen molar-refractivity contribution in [1.82, 2.24) is 9.88 Å². The standard InChI is InChI=1S/C13H15N3O/c1-9-15-11-5-4-10(8-13(11)17-9)12(6-7-14)16(2)3/h4-5,8,12H,6H2,1-3H3. The molecule has 1 aromatic heterocycles. The van der Waals surface area contributed by atoms with E-state index in [1.165, 1.54) is 0 Å². The normalized spacial score (nSPS) is 12.9. The van der Waals surface area contributed by atoms with Crippen molar-refractivity contribution < 1.29 is 4.42 Å². The predicted molar refractivity (Wildman–Crippen MR) is 65.4 cm³/mol. The monoisotopic (exact) mass is 229 g/mol. The first kappa shape index (κ1) is 11.6. The number of hydrogen-bond acceptors (Lipinski definition) is 4. The highest BCUT2D eigenvalue weighted by atomic mass is 16.3. The van der Waals surface area contributed by atoms with Crippen molar-refractivity contribution in [2.24, 2.45) is 0 Å². The lowest BCUT2D eigenvalue weighted by Crippen LogP contribution is -2.19. The lowest BCUT2D eigenvalue weighted by atomic mass is 10.0. The fourth-order valence-electron chi connectivity index (χ4n) is 1.95. The molecule has 2 rings (SSSR count). The zero-order valence-electron chi connectivity index (χ0n) is 10.3. The van der Waals surface area contributed by atoms with E-state index in [1.807, 2.05) is 44.1 Å². The first-order valence-electron chi connectivity index (χ1n) is 5.52. The average Bonchev–Trinajstić information content (AvgIpc) is 2.64. The van der Waals surface area contributed by atoms with Gasteiger partial charge in [-0.2, -0.15) is 5.26 Å². The minimum absolute atomic E-state index is 0.0924. The molecule has 88 valence electrons. The molecule has 17 heavy (non-hydrogen) atoms. The van der Waals surface area contributed by atoms with Crippen LogP contribution in [0.3, 0.4) is 0 Å². The number of aryl methyl sites for hydroxylation is 1. The first-order chi connectivity index (χ1) is 8.11. The van der Waals surface area contributed by atoms with E-state index in [0.717, 1.165) is 16.7 Å². The average molecular weight is 229 g/mol. The molecular weight excluding hydrogens is 214 g/mol. The maximum Gasteiger partial charge on any atom is 0.192 e. The summed E-state index contributed by atoms with van der Waals surface area (Å²) in [4.78, 5) is 6.29. The molecule has 0 fully saturated rings. The molecule has 1 aromatic carbocycles. The van der Waals surface area contributed by atoms with Crippen LogP contribution in [0.25, 0.3) is 11.1 Å². The number of fused-ring (bicyclic) bond motifs is 1. The summed E-state index contributed by atoms with van der Waals surface area (Å²) in [5.41, 5.74) is 2.73. The fraction of sp³-hybridized carbons (Fsp3) is 0.385. The van der Waals surface area contributed by atoms with Crippen molar-refractivity contribution in [1.29, 1.82) is 5.26 Å². The van der Waals surface area contributed by atoms with E-state index >= 15 is 0 Å². The van der Waals surface area contributed by atoms with Crippen LogP contribution in [0.5, 0.6) is 0 Å². The topological polar surface area (TPSA) is 53.1 Å². The molecular formula is C13H15N3O. The Morgan fingerprint density at radius 1 is 1.47 bits per heavy atom. The van der Waals surface area contributed by atoms with Gasteiger partial charge in [-0.3, -0.25) is 0 Å². The second-order valence-electron chi connectivity index (χ2n) is 4.30. The second-order valence-corrected chi connectivity index (χ2v) is 4.30. The van der Waals surface area contributed by atoms with Gasteiger partial charge in [0.25, 0.3) is 0 Å². The summed E-state index contributed by atoms with van der Waals surface area (Å²) in [5.74, 6) is 0.666. The van der Waals surface area contributed by atoms with E-state index in [0.29, 0.717) is 12.3 Å². The Morgan fingerprint density at radius 3 is 2.88 bits per heavy atom. The van der Waals surface area contributed by atoms with Crippen molar-refractivity contribution in [2.45, 2.75) is 19.4 Å². The molecule has 1 unspecified atom stereocenters. The van der Waals surface area contributed by atoms with Crippen LogP contribution in [0.2, 0.25) is 0 Å². The van der Waals surface area contributed by atoms with E-state index in [1.54, 1.807) is 0 Å². The Morgan fingerprint density at radius 2 is 2.24 bits per heavy atom. The molecule has 1 atom stereocenters. The molecule has 0 bridgehead atoms. The number of oxazole rings is 1. The third kappa shape index (κ3) is 2.29. The van der Waals surface area contributed by atoms with Gasteiger partial charge < -0.3 is 9.32 Å². The zero-order valence-corrected chi connectivity index (χ0v) is 10.3. The van der Waals surface area contributed by atoms with Crippen LogP contribution in [0, 0.1) is 18.3 Å². The van der Waals surface area contributed by atoms with Crippen LogP contribution in [0.1, 0.15) is 23.9 Å². The van der Waals surface area contributed by atoms with Gasteiger partial charge in [-0.05, 0) is 31.8 Å². The molecule has 4 nitrogen and oxygen atoms in total. The molecule has 2 aromatic rings. The van der Waals surface area contributed by atoms with Gasteiger partial charge in [-0.1, -0.05) is 6.07 Å². The maximum absolute atomic E-state index is 8.85. The lowest BCUT2D eigenvalue weighted by molar-refractivity contribution is 0.303. The third-order valence-electron chi connectivity index (χ3n) is 2.81. The van der Waals surface area contributed by atoms with Crippen LogP contribution >= 0.6 is 0 Å². The smallest absolute Gasteiger partial charge is 0.192 e. The summed E-state index contributed by atoms with van der Waals surface area (Å²) in [6.07, 6.45) is 0.464. The van der Waals surface area contributed by atoms with Crippen LogP contribution in [0.4, 0.5) is 0 Å². The predicted octanol–water partition coefficient (Wildman–Crippen LogP) is 2.65. The number of nitriles is 1. The Kier molecular flexibility index (Phi) is 3.12. The minimum atomic E-state index is 0.0924. The number of nitrogens with zero attached hydrogens (tertiary/aromatic N) is 3. The highest BCUT2D eigenvalue weighted by Gasteiger charge is 2.15. The van der Waals surface area contributed by atoms with Crippen molar-refractivity contribution in [3.63, 3.8) is 0 Å². The molecule has 4 heteroatoms. The van der Waals surface area contributed by atoms with Gasteiger partial charge in [0.05, 0.1) is 12.5 Å². The van der Waals surface area contributed by atoms with Gasteiger partial charge in [0.15, 0.2) is 11.5 Å². The summed E-state index contributed by atoms with van der Waals surface area (Å²) in [6.45, 7) is 1.83. The highest BCUT2D eigenvalue weighted by molar-refractivity contribution is 5.73. The van der Waals surface area contributed by atoms with E-state index in [9.17, 15) is 0 Å². The molecule has 0 spiro atoms. The lowest BCUT2D eigenvalue weighted by Gasteiger charge is -2.21. The molecule has 1 heterocycles. The Balaban J connectivity index is 2.43. The minimum Gasteiger partial charge on any atom is -0.441 e. The van der Waals surface area contributed by atoms with Gasteiger partial charge in [-0.15, -0.1) is 0 Å². The maximum atomic E-state index is 8.85. The molecule has 0 aliphatic rings. The van der Waals surface area contributed by atoms with E-state index in [2.05, 4.69) is 11.1 Å². The summed E-state index contributed by atoms with van der Waals surface area (Å²) >= 11 is 0.